The Hall–Kier alpha value is -0.120. The van der Waals surface area contributed by atoms with Crippen LogP contribution in [0.25, 0.3) is 0 Å². The molecular weight excluding hydrogens is 190 g/mol. The van der Waals surface area contributed by atoms with Gasteiger partial charge in [0.1, 0.15) is 0 Å². The average Bonchev–Trinajstić information content (AvgIpc) is 3.01. The van der Waals surface area contributed by atoms with Gasteiger partial charge >= 0.3 is 0 Å². The van der Waals surface area contributed by atoms with Crippen LogP contribution in [0.3, 0.4) is 0 Å². The van der Waals surface area contributed by atoms with Gasteiger partial charge in [0, 0.05) is 25.3 Å². The fourth-order valence-electron chi connectivity index (χ4n) is 2.02. The number of aliphatic hydroxyl groups is 1. The summed E-state index contributed by atoms with van der Waals surface area (Å²) in [6, 6.07) is 0.464. The zero-order chi connectivity index (χ0) is 11.3. The summed E-state index contributed by atoms with van der Waals surface area (Å²) in [4.78, 5) is 0. The molecule has 0 spiro atoms. The first-order chi connectivity index (χ1) is 7.15. The van der Waals surface area contributed by atoms with Crippen LogP contribution < -0.4 is 5.32 Å². The molecule has 0 heterocycles. The summed E-state index contributed by atoms with van der Waals surface area (Å²) in [5.41, 5.74) is 0.0561. The van der Waals surface area contributed by atoms with Gasteiger partial charge in [-0.05, 0) is 38.5 Å². The highest BCUT2D eigenvalue weighted by atomic mass is 16.5. The Morgan fingerprint density at radius 1 is 1.53 bits per heavy atom. The third-order valence-corrected chi connectivity index (χ3v) is 3.52. The van der Waals surface area contributed by atoms with Crippen LogP contribution in [0, 0.1) is 5.92 Å². The Kier molecular flexibility index (Phi) is 5.03. The van der Waals surface area contributed by atoms with E-state index in [4.69, 9.17) is 9.84 Å². The molecule has 1 aliphatic carbocycles. The lowest BCUT2D eigenvalue weighted by Crippen LogP contribution is -2.51. The molecule has 0 radical (unpaired) electrons. The van der Waals surface area contributed by atoms with Gasteiger partial charge in [-0.3, -0.25) is 0 Å². The number of rotatable bonds is 8. The molecule has 1 rings (SSSR count). The maximum absolute atomic E-state index is 9.06. The second-order valence-electron chi connectivity index (χ2n) is 4.93. The normalized spacial score (nSPS) is 22.4. The fraction of sp³-hybridized carbons (Fsp3) is 1.00. The topological polar surface area (TPSA) is 41.5 Å². The van der Waals surface area contributed by atoms with Crippen LogP contribution in [0.2, 0.25) is 0 Å². The Balaban J connectivity index is 2.45. The van der Waals surface area contributed by atoms with Crippen molar-refractivity contribution in [3.05, 3.63) is 0 Å². The molecule has 0 bridgehead atoms. The molecule has 2 atom stereocenters. The smallest absolute Gasteiger partial charge is 0.0618 e. The van der Waals surface area contributed by atoms with Gasteiger partial charge in [-0.25, -0.2) is 0 Å². The third-order valence-electron chi connectivity index (χ3n) is 3.52. The van der Waals surface area contributed by atoms with Crippen molar-refractivity contribution in [2.45, 2.75) is 51.1 Å². The molecule has 15 heavy (non-hydrogen) atoms. The Morgan fingerprint density at radius 2 is 2.20 bits per heavy atom. The van der Waals surface area contributed by atoms with Crippen molar-refractivity contribution in [1.29, 1.82) is 0 Å². The summed E-state index contributed by atoms with van der Waals surface area (Å²) >= 11 is 0. The Bertz CT molecular complexity index is 182. The quantitative estimate of drug-likeness (QED) is 0.645. The molecule has 1 saturated carbocycles. The van der Waals surface area contributed by atoms with Crippen molar-refractivity contribution >= 4 is 0 Å². The van der Waals surface area contributed by atoms with E-state index >= 15 is 0 Å². The molecule has 1 fully saturated rings. The van der Waals surface area contributed by atoms with E-state index < -0.39 is 0 Å². The molecule has 0 aromatic rings. The maximum atomic E-state index is 9.06. The van der Waals surface area contributed by atoms with Crippen LogP contribution in [0.5, 0.6) is 0 Å². The van der Waals surface area contributed by atoms with Crippen molar-refractivity contribution in [3.63, 3.8) is 0 Å². The summed E-state index contributed by atoms with van der Waals surface area (Å²) in [5, 5.41) is 12.7. The van der Waals surface area contributed by atoms with Crippen molar-refractivity contribution < 1.29 is 9.84 Å². The van der Waals surface area contributed by atoms with Crippen LogP contribution in [-0.4, -0.2) is 37.0 Å². The lowest BCUT2D eigenvalue weighted by Gasteiger charge is -2.34. The van der Waals surface area contributed by atoms with Crippen LogP contribution in [0.1, 0.15) is 39.5 Å². The number of methoxy groups -OCH3 is 1. The predicted octanol–water partition coefficient (Wildman–Crippen LogP) is 1.55. The average molecular weight is 215 g/mol. The van der Waals surface area contributed by atoms with E-state index in [9.17, 15) is 0 Å². The molecule has 90 valence electrons. The zero-order valence-electron chi connectivity index (χ0n) is 10.3. The number of ether oxygens (including phenoxy) is 1. The van der Waals surface area contributed by atoms with Gasteiger partial charge in [0.05, 0.1) is 6.61 Å². The molecule has 2 N–H and O–H groups in total. The standard InChI is InChI=1S/C12H25NO2/c1-4-12(2,7-8-14)13-11(9-15-3)10-5-6-10/h10-11,13-14H,4-9H2,1-3H3. The minimum Gasteiger partial charge on any atom is -0.396 e. The van der Waals surface area contributed by atoms with E-state index in [0.717, 1.165) is 25.4 Å². The molecular formula is C12H25NO2. The molecule has 1 aliphatic rings. The summed E-state index contributed by atoms with van der Waals surface area (Å²) in [6.07, 6.45) is 4.50. The third kappa shape index (κ3) is 4.09. The number of aliphatic hydroxyl groups excluding tert-OH is 1. The molecule has 0 aromatic heterocycles. The monoisotopic (exact) mass is 215 g/mol. The first-order valence-electron chi connectivity index (χ1n) is 6.02. The van der Waals surface area contributed by atoms with Gasteiger partial charge in [-0.1, -0.05) is 6.92 Å². The molecule has 3 heteroatoms. The van der Waals surface area contributed by atoms with Crippen molar-refractivity contribution in [2.24, 2.45) is 5.92 Å². The van der Waals surface area contributed by atoms with E-state index in [1.54, 1.807) is 7.11 Å². The molecule has 0 amide bonds. The van der Waals surface area contributed by atoms with Crippen LogP contribution in [0.15, 0.2) is 0 Å². The molecule has 0 saturated heterocycles. The summed E-state index contributed by atoms with van der Waals surface area (Å²) in [5.74, 6) is 0.787. The minimum absolute atomic E-state index is 0.0561. The first-order valence-corrected chi connectivity index (χ1v) is 6.02. The van der Waals surface area contributed by atoms with Crippen LogP contribution in [-0.2, 0) is 4.74 Å². The molecule has 2 unspecified atom stereocenters. The zero-order valence-corrected chi connectivity index (χ0v) is 10.3. The summed E-state index contributed by atoms with van der Waals surface area (Å²) < 4.78 is 5.25. The number of hydrogen-bond acceptors (Lipinski definition) is 3. The lowest BCUT2D eigenvalue weighted by atomic mass is 9.93. The molecule has 0 aromatic carbocycles. The van der Waals surface area contributed by atoms with Crippen LogP contribution in [0.4, 0.5) is 0 Å². The highest BCUT2D eigenvalue weighted by molar-refractivity contribution is 4.92. The van der Waals surface area contributed by atoms with Gasteiger partial charge in [0.25, 0.3) is 0 Å². The maximum Gasteiger partial charge on any atom is 0.0618 e. The Labute approximate surface area is 93.2 Å². The van der Waals surface area contributed by atoms with Crippen molar-refractivity contribution in [2.75, 3.05) is 20.3 Å². The highest BCUT2D eigenvalue weighted by Gasteiger charge is 2.35. The molecule has 3 nitrogen and oxygen atoms in total. The van der Waals surface area contributed by atoms with Crippen molar-refractivity contribution in [3.8, 4) is 0 Å². The van der Waals surface area contributed by atoms with Gasteiger partial charge in [-0.2, -0.15) is 0 Å². The number of hydrogen-bond donors (Lipinski definition) is 2. The summed E-state index contributed by atoms with van der Waals surface area (Å²) in [6.45, 7) is 5.39. The van der Waals surface area contributed by atoms with Gasteiger partial charge < -0.3 is 15.2 Å². The predicted molar refractivity (Wildman–Crippen MR) is 61.9 cm³/mol. The van der Waals surface area contributed by atoms with E-state index in [2.05, 4.69) is 19.2 Å². The first kappa shape index (κ1) is 12.9. The second-order valence-corrected chi connectivity index (χ2v) is 4.93. The highest BCUT2D eigenvalue weighted by Crippen LogP contribution is 2.34. The van der Waals surface area contributed by atoms with Gasteiger partial charge in [0.15, 0.2) is 0 Å². The number of nitrogens with one attached hydrogen (secondary N) is 1. The molecule has 0 aliphatic heterocycles. The van der Waals surface area contributed by atoms with E-state index in [0.29, 0.717) is 6.04 Å². The van der Waals surface area contributed by atoms with Gasteiger partial charge in [0.2, 0.25) is 0 Å². The lowest BCUT2D eigenvalue weighted by molar-refractivity contribution is 0.124. The van der Waals surface area contributed by atoms with E-state index in [1.165, 1.54) is 12.8 Å². The summed E-state index contributed by atoms with van der Waals surface area (Å²) in [7, 11) is 1.76. The largest absolute Gasteiger partial charge is 0.396 e. The second kappa shape index (κ2) is 5.83. The SMILES string of the molecule is CCC(C)(CCO)NC(COC)C1CC1. The van der Waals surface area contributed by atoms with Crippen LogP contribution >= 0.6 is 0 Å². The minimum atomic E-state index is 0.0561. The fourth-order valence-corrected chi connectivity index (χ4v) is 2.02. The Morgan fingerprint density at radius 3 is 2.60 bits per heavy atom. The van der Waals surface area contributed by atoms with E-state index in [1.807, 2.05) is 0 Å². The van der Waals surface area contributed by atoms with Gasteiger partial charge in [-0.15, -0.1) is 0 Å². The van der Waals surface area contributed by atoms with Crippen molar-refractivity contribution in [1.82, 2.24) is 5.32 Å². The van der Waals surface area contributed by atoms with E-state index in [-0.39, 0.29) is 12.1 Å².